The first-order valence-corrected chi connectivity index (χ1v) is 6.31. The van der Waals surface area contributed by atoms with Crippen LogP contribution in [-0.2, 0) is 11.3 Å². The number of phenolic OH excluding ortho intramolecular Hbond substituents is 1. The van der Waals surface area contributed by atoms with Crippen LogP contribution < -0.4 is 9.47 Å². The molecule has 0 saturated carbocycles. The van der Waals surface area contributed by atoms with Gasteiger partial charge in [0.05, 0.1) is 19.8 Å². The Morgan fingerprint density at radius 3 is 2.14 bits per heavy atom. The molecule has 5 nitrogen and oxygen atoms in total. The number of carbonyl (C=O) groups excluding carboxylic acids is 1. The number of rotatable bonds is 5. The van der Waals surface area contributed by atoms with Crippen molar-refractivity contribution in [3.05, 3.63) is 53.6 Å². The van der Waals surface area contributed by atoms with Gasteiger partial charge in [0.15, 0.2) is 11.5 Å². The Balaban J connectivity index is 2.15. The van der Waals surface area contributed by atoms with Gasteiger partial charge in [-0.15, -0.1) is 0 Å². The molecule has 0 aliphatic heterocycles. The molecular formula is C16H16O5. The van der Waals surface area contributed by atoms with Gasteiger partial charge in [-0.05, 0) is 17.7 Å². The van der Waals surface area contributed by atoms with Crippen molar-refractivity contribution in [2.45, 2.75) is 6.61 Å². The van der Waals surface area contributed by atoms with Crippen LogP contribution in [0.25, 0.3) is 0 Å². The smallest absolute Gasteiger partial charge is 0.338 e. The number of phenols is 1. The van der Waals surface area contributed by atoms with Crippen LogP contribution in [0.2, 0.25) is 0 Å². The predicted octanol–water partition coefficient (Wildman–Crippen LogP) is 2.77. The highest BCUT2D eigenvalue weighted by Crippen LogP contribution is 2.37. The molecule has 0 radical (unpaired) electrons. The molecule has 0 amide bonds. The molecule has 0 atom stereocenters. The average molecular weight is 288 g/mol. The zero-order chi connectivity index (χ0) is 15.2. The van der Waals surface area contributed by atoms with Crippen LogP contribution in [0.3, 0.4) is 0 Å². The third-order valence-electron chi connectivity index (χ3n) is 2.93. The van der Waals surface area contributed by atoms with Crippen LogP contribution in [0.5, 0.6) is 17.2 Å². The first-order chi connectivity index (χ1) is 10.2. The summed E-state index contributed by atoms with van der Waals surface area (Å²) in [6.45, 7) is 0.172. The fourth-order valence-corrected chi connectivity index (χ4v) is 1.82. The summed E-state index contributed by atoms with van der Waals surface area (Å²) in [7, 11) is 2.79. The topological polar surface area (TPSA) is 65.0 Å². The molecule has 0 saturated heterocycles. The number of benzene rings is 2. The molecule has 0 aliphatic carbocycles. The molecule has 0 spiro atoms. The fraction of sp³-hybridized carbons (Fsp3) is 0.188. The fourth-order valence-electron chi connectivity index (χ4n) is 1.82. The number of hydrogen-bond donors (Lipinski definition) is 1. The van der Waals surface area contributed by atoms with E-state index in [0.717, 1.165) is 5.56 Å². The molecule has 21 heavy (non-hydrogen) atoms. The van der Waals surface area contributed by atoms with Crippen LogP contribution in [0.1, 0.15) is 15.9 Å². The standard InChI is InChI=1S/C16H16O5/c1-19-13-8-12(9-14(20-2)15(13)17)16(18)21-10-11-6-4-3-5-7-11/h3-9,17H,10H2,1-2H3. The van der Waals surface area contributed by atoms with Crippen LogP contribution in [0.4, 0.5) is 0 Å². The average Bonchev–Trinajstić information content (AvgIpc) is 2.53. The molecule has 1 N–H and O–H groups in total. The summed E-state index contributed by atoms with van der Waals surface area (Å²) in [5.41, 5.74) is 1.14. The number of carbonyl (C=O) groups is 1. The van der Waals surface area contributed by atoms with Gasteiger partial charge in [0.1, 0.15) is 6.61 Å². The summed E-state index contributed by atoms with van der Waals surface area (Å²) in [6.07, 6.45) is 0. The Bertz CT molecular complexity index is 597. The van der Waals surface area contributed by atoms with E-state index >= 15 is 0 Å². The van der Waals surface area contributed by atoms with E-state index in [-0.39, 0.29) is 29.4 Å². The van der Waals surface area contributed by atoms with E-state index in [1.54, 1.807) is 0 Å². The second-order valence-electron chi connectivity index (χ2n) is 4.29. The summed E-state index contributed by atoms with van der Waals surface area (Å²) < 4.78 is 15.2. The minimum Gasteiger partial charge on any atom is -0.502 e. The minimum atomic E-state index is -0.518. The number of hydrogen-bond acceptors (Lipinski definition) is 5. The van der Waals surface area contributed by atoms with E-state index in [1.807, 2.05) is 30.3 Å². The number of ether oxygens (including phenoxy) is 3. The maximum absolute atomic E-state index is 12.1. The molecular weight excluding hydrogens is 272 g/mol. The lowest BCUT2D eigenvalue weighted by Gasteiger charge is -2.11. The molecule has 2 aromatic rings. The van der Waals surface area contributed by atoms with Crippen molar-refractivity contribution in [2.24, 2.45) is 0 Å². The Morgan fingerprint density at radius 1 is 1.05 bits per heavy atom. The number of methoxy groups -OCH3 is 2. The molecule has 0 bridgehead atoms. The summed E-state index contributed by atoms with van der Waals surface area (Å²) in [6, 6.07) is 12.2. The quantitative estimate of drug-likeness (QED) is 0.857. The molecule has 0 unspecified atom stereocenters. The zero-order valence-corrected chi connectivity index (χ0v) is 11.8. The Labute approximate surface area is 122 Å². The molecule has 2 rings (SSSR count). The van der Waals surface area contributed by atoms with Gasteiger partial charge >= 0.3 is 5.97 Å². The van der Waals surface area contributed by atoms with Gasteiger partial charge < -0.3 is 19.3 Å². The van der Waals surface area contributed by atoms with Crippen molar-refractivity contribution in [3.63, 3.8) is 0 Å². The van der Waals surface area contributed by atoms with Gasteiger partial charge in [-0.25, -0.2) is 4.79 Å². The monoisotopic (exact) mass is 288 g/mol. The summed E-state index contributed by atoms with van der Waals surface area (Å²) in [5.74, 6) is -0.364. The number of esters is 1. The molecule has 0 aromatic heterocycles. The highest BCUT2D eigenvalue weighted by molar-refractivity contribution is 5.91. The summed E-state index contributed by atoms with van der Waals surface area (Å²) in [4.78, 5) is 12.1. The van der Waals surface area contributed by atoms with Crippen molar-refractivity contribution in [1.29, 1.82) is 0 Å². The Kier molecular flexibility index (Phi) is 4.66. The van der Waals surface area contributed by atoms with E-state index in [2.05, 4.69) is 0 Å². The van der Waals surface area contributed by atoms with Gasteiger partial charge in [-0.2, -0.15) is 0 Å². The maximum Gasteiger partial charge on any atom is 0.338 e. The summed E-state index contributed by atoms with van der Waals surface area (Å²) >= 11 is 0. The lowest BCUT2D eigenvalue weighted by molar-refractivity contribution is 0.0472. The van der Waals surface area contributed by atoms with E-state index in [0.29, 0.717) is 0 Å². The van der Waals surface area contributed by atoms with Crippen molar-refractivity contribution in [2.75, 3.05) is 14.2 Å². The maximum atomic E-state index is 12.1. The summed E-state index contributed by atoms with van der Waals surface area (Å²) in [5, 5.41) is 9.80. The van der Waals surface area contributed by atoms with E-state index < -0.39 is 5.97 Å². The molecule has 5 heteroatoms. The van der Waals surface area contributed by atoms with Crippen LogP contribution in [0, 0.1) is 0 Å². The van der Waals surface area contributed by atoms with Crippen molar-refractivity contribution < 1.29 is 24.1 Å². The first kappa shape index (κ1) is 14.7. The SMILES string of the molecule is COc1cc(C(=O)OCc2ccccc2)cc(OC)c1O. The highest BCUT2D eigenvalue weighted by Gasteiger charge is 2.16. The van der Waals surface area contributed by atoms with E-state index in [4.69, 9.17) is 14.2 Å². The largest absolute Gasteiger partial charge is 0.502 e. The van der Waals surface area contributed by atoms with Crippen LogP contribution in [0.15, 0.2) is 42.5 Å². The van der Waals surface area contributed by atoms with Crippen molar-refractivity contribution >= 4 is 5.97 Å². The molecule has 110 valence electrons. The van der Waals surface area contributed by atoms with Crippen LogP contribution in [-0.4, -0.2) is 25.3 Å². The van der Waals surface area contributed by atoms with E-state index in [9.17, 15) is 9.90 Å². The molecule has 0 heterocycles. The van der Waals surface area contributed by atoms with Gasteiger partial charge in [0.25, 0.3) is 0 Å². The Hall–Kier alpha value is -2.69. The third kappa shape index (κ3) is 3.45. The molecule has 2 aromatic carbocycles. The second kappa shape index (κ2) is 6.65. The van der Waals surface area contributed by atoms with Crippen molar-refractivity contribution in [3.8, 4) is 17.2 Å². The minimum absolute atomic E-state index is 0.153. The predicted molar refractivity (Wildman–Crippen MR) is 76.8 cm³/mol. The van der Waals surface area contributed by atoms with Gasteiger partial charge in [-0.3, -0.25) is 0 Å². The molecule has 0 aliphatic rings. The van der Waals surface area contributed by atoms with E-state index in [1.165, 1.54) is 26.4 Å². The third-order valence-corrected chi connectivity index (χ3v) is 2.93. The normalized spacial score (nSPS) is 10.0. The second-order valence-corrected chi connectivity index (χ2v) is 4.29. The Morgan fingerprint density at radius 2 is 1.62 bits per heavy atom. The zero-order valence-electron chi connectivity index (χ0n) is 11.8. The lowest BCUT2D eigenvalue weighted by Crippen LogP contribution is -2.06. The van der Waals surface area contributed by atoms with Crippen molar-refractivity contribution in [1.82, 2.24) is 0 Å². The molecule has 0 fully saturated rings. The van der Waals surface area contributed by atoms with Gasteiger partial charge in [0, 0.05) is 0 Å². The highest BCUT2D eigenvalue weighted by atomic mass is 16.5. The number of aromatic hydroxyl groups is 1. The van der Waals surface area contributed by atoms with Gasteiger partial charge in [-0.1, -0.05) is 30.3 Å². The van der Waals surface area contributed by atoms with Gasteiger partial charge in [0.2, 0.25) is 5.75 Å². The first-order valence-electron chi connectivity index (χ1n) is 6.31. The lowest BCUT2D eigenvalue weighted by atomic mass is 10.2. The van der Waals surface area contributed by atoms with Crippen LogP contribution >= 0.6 is 0 Å².